The van der Waals surface area contributed by atoms with Crippen molar-refractivity contribution in [3.8, 4) is 5.75 Å². The summed E-state index contributed by atoms with van der Waals surface area (Å²) in [5.41, 5.74) is 1.13. The molecule has 0 aliphatic carbocycles. The first-order valence-corrected chi connectivity index (χ1v) is 5.89. The Hall–Kier alpha value is -2.14. The van der Waals surface area contributed by atoms with Gasteiger partial charge in [-0.15, -0.1) is 0 Å². The Kier molecular flexibility index (Phi) is 4.09. The Morgan fingerprint density at radius 3 is 2.67 bits per heavy atom. The van der Waals surface area contributed by atoms with Crippen LogP contribution in [0.4, 0.5) is 5.82 Å². The van der Waals surface area contributed by atoms with Gasteiger partial charge in [0.2, 0.25) is 0 Å². The van der Waals surface area contributed by atoms with E-state index in [1.165, 1.54) is 0 Å². The lowest BCUT2D eigenvalue weighted by atomic mass is 10.2. The molecule has 0 amide bonds. The number of aromatic hydroxyl groups is 1. The van der Waals surface area contributed by atoms with E-state index < -0.39 is 0 Å². The molecule has 4 nitrogen and oxygen atoms in total. The first-order chi connectivity index (χ1) is 8.75. The highest BCUT2D eigenvalue weighted by atomic mass is 32.1. The van der Waals surface area contributed by atoms with Crippen molar-refractivity contribution in [2.45, 2.75) is 6.54 Å². The maximum absolute atomic E-state index is 9.53. The van der Waals surface area contributed by atoms with Gasteiger partial charge >= 0.3 is 0 Å². The predicted molar refractivity (Wildman–Crippen MR) is 75.4 cm³/mol. The quantitative estimate of drug-likeness (QED) is 0.738. The van der Waals surface area contributed by atoms with Crippen LogP contribution in [0.25, 0.3) is 0 Å². The van der Waals surface area contributed by atoms with Crippen LogP contribution in [0.5, 0.6) is 5.75 Å². The SMILES string of the molecule is Oc1cccnc1NC(=S)NCc1ccccc1. The Morgan fingerprint density at radius 1 is 1.17 bits per heavy atom. The fourth-order valence-corrected chi connectivity index (χ4v) is 1.59. The molecule has 18 heavy (non-hydrogen) atoms. The normalized spacial score (nSPS) is 9.78. The van der Waals surface area contributed by atoms with Gasteiger partial charge in [0.25, 0.3) is 0 Å². The van der Waals surface area contributed by atoms with Crippen molar-refractivity contribution in [3.05, 3.63) is 54.2 Å². The van der Waals surface area contributed by atoms with Crippen LogP contribution in [-0.4, -0.2) is 15.2 Å². The Balaban J connectivity index is 1.88. The molecule has 0 aliphatic heterocycles. The number of nitrogens with zero attached hydrogens (tertiary/aromatic N) is 1. The fourth-order valence-electron chi connectivity index (χ4n) is 1.42. The summed E-state index contributed by atoms with van der Waals surface area (Å²) in [6.07, 6.45) is 1.59. The van der Waals surface area contributed by atoms with Crippen LogP contribution in [0.1, 0.15) is 5.56 Å². The summed E-state index contributed by atoms with van der Waals surface area (Å²) >= 11 is 5.12. The summed E-state index contributed by atoms with van der Waals surface area (Å²) < 4.78 is 0. The lowest BCUT2D eigenvalue weighted by molar-refractivity contribution is 0.475. The topological polar surface area (TPSA) is 57.2 Å². The standard InChI is InChI=1S/C13H13N3OS/c17-11-7-4-8-14-12(11)16-13(18)15-9-10-5-2-1-3-6-10/h1-8,17H,9H2,(H2,14,15,16,18). The zero-order valence-electron chi connectivity index (χ0n) is 9.63. The zero-order chi connectivity index (χ0) is 12.8. The monoisotopic (exact) mass is 259 g/mol. The Morgan fingerprint density at radius 2 is 1.94 bits per heavy atom. The number of benzene rings is 1. The minimum atomic E-state index is 0.0707. The molecule has 5 heteroatoms. The summed E-state index contributed by atoms with van der Waals surface area (Å²) in [6.45, 7) is 0.625. The zero-order valence-corrected chi connectivity index (χ0v) is 10.4. The Labute approximate surface area is 111 Å². The highest BCUT2D eigenvalue weighted by Gasteiger charge is 2.03. The van der Waals surface area contributed by atoms with Gasteiger partial charge in [0.15, 0.2) is 16.7 Å². The van der Waals surface area contributed by atoms with Crippen molar-refractivity contribution in [3.63, 3.8) is 0 Å². The molecule has 0 fully saturated rings. The molecule has 2 aromatic rings. The summed E-state index contributed by atoms with van der Waals surface area (Å²) in [7, 11) is 0. The summed E-state index contributed by atoms with van der Waals surface area (Å²) in [4.78, 5) is 3.98. The van der Waals surface area contributed by atoms with Gasteiger partial charge in [0.1, 0.15) is 0 Å². The molecule has 0 bridgehead atoms. The van der Waals surface area contributed by atoms with Crippen molar-refractivity contribution in [1.29, 1.82) is 0 Å². The van der Waals surface area contributed by atoms with Gasteiger partial charge in [-0.05, 0) is 29.9 Å². The van der Waals surface area contributed by atoms with E-state index in [1.54, 1.807) is 18.3 Å². The van der Waals surface area contributed by atoms with Gasteiger partial charge < -0.3 is 15.7 Å². The second-order valence-electron chi connectivity index (χ2n) is 3.66. The van der Waals surface area contributed by atoms with E-state index >= 15 is 0 Å². The van der Waals surface area contributed by atoms with Crippen LogP contribution in [0.15, 0.2) is 48.7 Å². The molecule has 1 aromatic heterocycles. The average molecular weight is 259 g/mol. The second-order valence-corrected chi connectivity index (χ2v) is 4.07. The van der Waals surface area contributed by atoms with Crippen LogP contribution in [0.3, 0.4) is 0 Å². The van der Waals surface area contributed by atoms with E-state index in [4.69, 9.17) is 12.2 Å². The number of hydrogen-bond acceptors (Lipinski definition) is 3. The molecule has 2 rings (SSSR count). The van der Waals surface area contributed by atoms with Gasteiger partial charge in [-0.3, -0.25) is 0 Å². The number of rotatable bonds is 3. The number of anilines is 1. The van der Waals surface area contributed by atoms with Crippen molar-refractivity contribution < 1.29 is 5.11 Å². The molecule has 0 radical (unpaired) electrons. The maximum atomic E-state index is 9.53. The molecule has 0 unspecified atom stereocenters. The van der Waals surface area contributed by atoms with Gasteiger partial charge in [0, 0.05) is 12.7 Å². The molecule has 3 N–H and O–H groups in total. The molecule has 0 atom stereocenters. The lowest BCUT2D eigenvalue weighted by Crippen LogP contribution is -2.28. The van der Waals surface area contributed by atoms with E-state index in [9.17, 15) is 5.11 Å². The Bertz CT molecular complexity index is 531. The molecule has 1 heterocycles. The van der Waals surface area contributed by atoms with E-state index in [0.29, 0.717) is 17.5 Å². The third-order valence-corrected chi connectivity index (χ3v) is 2.56. The first-order valence-electron chi connectivity index (χ1n) is 5.48. The van der Waals surface area contributed by atoms with Crippen molar-refractivity contribution >= 4 is 23.1 Å². The molecule has 92 valence electrons. The number of hydrogen-bond donors (Lipinski definition) is 3. The molecule has 0 aliphatic rings. The maximum Gasteiger partial charge on any atom is 0.174 e. The second kappa shape index (κ2) is 5.97. The third-order valence-electron chi connectivity index (χ3n) is 2.31. The molecule has 1 aromatic carbocycles. The van der Waals surface area contributed by atoms with E-state index in [2.05, 4.69) is 15.6 Å². The molecule has 0 saturated heterocycles. The van der Waals surface area contributed by atoms with Crippen molar-refractivity contribution in [2.24, 2.45) is 0 Å². The molecular weight excluding hydrogens is 246 g/mol. The van der Waals surface area contributed by atoms with E-state index in [1.807, 2.05) is 30.3 Å². The van der Waals surface area contributed by atoms with Crippen molar-refractivity contribution in [1.82, 2.24) is 10.3 Å². The van der Waals surface area contributed by atoms with Crippen LogP contribution in [0, 0.1) is 0 Å². The van der Waals surface area contributed by atoms with Crippen LogP contribution < -0.4 is 10.6 Å². The van der Waals surface area contributed by atoms with Crippen molar-refractivity contribution in [2.75, 3.05) is 5.32 Å². The molecular formula is C13H13N3OS. The third kappa shape index (κ3) is 3.43. The van der Waals surface area contributed by atoms with Gasteiger partial charge in [-0.1, -0.05) is 30.3 Å². The van der Waals surface area contributed by atoms with E-state index in [0.717, 1.165) is 5.56 Å². The number of nitrogens with one attached hydrogen (secondary N) is 2. The lowest BCUT2D eigenvalue weighted by Gasteiger charge is -2.10. The molecule has 0 saturated carbocycles. The summed E-state index contributed by atoms with van der Waals surface area (Å²) in [5, 5.41) is 15.8. The highest BCUT2D eigenvalue weighted by molar-refractivity contribution is 7.80. The average Bonchev–Trinajstić information content (AvgIpc) is 2.40. The van der Waals surface area contributed by atoms with Crippen LogP contribution in [-0.2, 0) is 6.54 Å². The summed E-state index contributed by atoms with van der Waals surface area (Å²) in [6, 6.07) is 13.1. The van der Waals surface area contributed by atoms with Gasteiger partial charge in [0.05, 0.1) is 0 Å². The number of thiocarbonyl (C=S) groups is 1. The number of pyridine rings is 1. The fraction of sp³-hybridized carbons (Fsp3) is 0.0769. The molecule has 0 spiro atoms. The van der Waals surface area contributed by atoms with Gasteiger partial charge in [-0.2, -0.15) is 0 Å². The number of aromatic nitrogens is 1. The van der Waals surface area contributed by atoms with Crippen LogP contribution >= 0.6 is 12.2 Å². The van der Waals surface area contributed by atoms with E-state index in [-0.39, 0.29) is 5.75 Å². The smallest absolute Gasteiger partial charge is 0.174 e. The first kappa shape index (κ1) is 12.3. The summed E-state index contributed by atoms with van der Waals surface area (Å²) in [5.74, 6) is 0.421. The predicted octanol–water partition coefficient (Wildman–Crippen LogP) is 2.27. The largest absolute Gasteiger partial charge is 0.504 e. The van der Waals surface area contributed by atoms with Crippen LogP contribution in [0.2, 0.25) is 0 Å². The highest BCUT2D eigenvalue weighted by Crippen LogP contribution is 2.17. The minimum absolute atomic E-state index is 0.0707. The van der Waals surface area contributed by atoms with Gasteiger partial charge in [-0.25, -0.2) is 4.98 Å². The minimum Gasteiger partial charge on any atom is -0.504 e.